The smallest absolute Gasteiger partial charge is 0.317 e. The first-order valence-electron chi connectivity index (χ1n) is 4.45. The molecule has 2 unspecified atom stereocenters. The molecule has 0 saturated heterocycles. The number of rotatable bonds is 4. The molecule has 17 heavy (non-hydrogen) atoms. The first kappa shape index (κ1) is 14.0. The van der Waals surface area contributed by atoms with Crippen molar-refractivity contribution in [1.82, 2.24) is 5.32 Å². The Morgan fingerprint density at radius 1 is 1.65 bits per heavy atom. The van der Waals surface area contributed by atoms with Crippen molar-refractivity contribution < 1.29 is 22.9 Å². The van der Waals surface area contributed by atoms with Gasteiger partial charge < -0.3 is 10.8 Å². The lowest BCUT2D eigenvalue weighted by Gasteiger charge is -2.33. The highest BCUT2D eigenvalue weighted by atomic mass is 35.5. The molecule has 1 aliphatic rings. The molecule has 0 aliphatic heterocycles. The third-order valence-corrected chi connectivity index (χ3v) is 4.50. The normalized spacial score (nSPS) is 28.8. The van der Waals surface area contributed by atoms with Gasteiger partial charge in [0.15, 0.2) is 0 Å². The number of aliphatic carboxylic acids is 1. The zero-order valence-electron chi connectivity index (χ0n) is 8.50. The van der Waals surface area contributed by atoms with Crippen molar-refractivity contribution in [2.75, 3.05) is 6.54 Å². The summed E-state index contributed by atoms with van der Waals surface area (Å²) in [6, 6.07) is -1.14. The summed E-state index contributed by atoms with van der Waals surface area (Å²) in [5, 5.41) is 10.9. The van der Waals surface area contributed by atoms with Crippen LogP contribution in [0.5, 0.6) is 0 Å². The Kier molecular flexibility index (Phi) is 3.82. The quantitative estimate of drug-likeness (QED) is 0.395. The van der Waals surface area contributed by atoms with Gasteiger partial charge in [0.2, 0.25) is 4.21 Å². The van der Waals surface area contributed by atoms with Gasteiger partial charge in [-0.2, -0.15) is 8.42 Å². The van der Waals surface area contributed by atoms with E-state index in [1.807, 2.05) is 0 Å². The maximum absolute atomic E-state index is 11.3. The number of hydrogen-bond donors (Lipinski definition) is 4. The number of carboxylic acid groups (broad SMARTS) is 1. The minimum absolute atomic E-state index is 0.285. The van der Waals surface area contributed by atoms with E-state index in [0.29, 0.717) is 0 Å². The van der Waals surface area contributed by atoms with E-state index in [9.17, 15) is 13.2 Å². The highest BCUT2D eigenvalue weighted by molar-refractivity contribution is 7.89. The molecule has 0 spiro atoms. The van der Waals surface area contributed by atoms with Crippen LogP contribution in [0.3, 0.4) is 0 Å². The highest BCUT2D eigenvalue weighted by Gasteiger charge is 2.50. The molecule has 2 atom stereocenters. The predicted molar refractivity (Wildman–Crippen MR) is 61.0 cm³/mol. The zero-order valence-corrected chi connectivity index (χ0v) is 10.1. The highest BCUT2D eigenvalue weighted by Crippen LogP contribution is 2.34. The van der Waals surface area contributed by atoms with Crippen LogP contribution in [0.15, 0.2) is 23.9 Å². The number of allylic oxidation sites excluding steroid dienone is 2. The van der Waals surface area contributed by atoms with E-state index in [1.165, 1.54) is 18.2 Å². The van der Waals surface area contributed by atoms with Crippen molar-refractivity contribution in [3.63, 3.8) is 0 Å². The van der Waals surface area contributed by atoms with Crippen LogP contribution < -0.4 is 11.1 Å². The molecule has 0 aromatic heterocycles. The maximum Gasteiger partial charge on any atom is 0.317 e. The summed E-state index contributed by atoms with van der Waals surface area (Å²) in [6.07, 6.45) is 3.94. The van der Waals surface area contributed by atoms with Gasteiger partial charge in [0, 0.05) is 5.70 Å². The Labute approximate surface area is 103 Å². The van der Waals surface area contributed by atoms with Crippen molar-refractivity contribution in [3.8, 4) is 0 Å². The van der Waals surface area contributed by atoms with Crippen molar-refractivity contribution in [1.29, 1.82) is 0 Å². The molecule has 0 amide bonds. The van der Waals surface area contributed by atoms with Crippen molar-refractivity contribution in [2.45, 2.75) is 10.2 Å². The predicted octanol–water partition coefficient (Wildman–Crippen LogP) is -0.735. The SMILES string of the molecule is NC1=CC=CC(NCC(=O)O)C1(Cl)S(=O)(=O)O. The third-order valence-electron chi connectivity index (χ3n) is 2.22. The molecule has 0 heterocycles. The third kappa shape index (κ3) is 2.60. The topological polar surface area (TPSA) is 130 Å². The van der Waals surface area contributed by atoms with E-state index < -0.39 is 32.9 Å². The Hall–Kier alpha value is -1.09. The monoisotopic (exact) mass is 282 g/mol. The molecule has 96 valence electrons. The molecule has 0 aromatic rings. The number of carboxylic acids is 1. The summed E-state index contributed by atoms with van der Waals surface area (Å²) < 4.78 is 29.3. The zero-order chi connectivity index (χ0) is 13.3. The fourth-order valence-electron chi connectivity index (χ4n) is 1.39. The maximum atomic E-state index is 11.3. The Bertz CT molecular complexity index is 486. The molecule has 0 saturated carbocycles. The first-order chi connectivity index (χ1) is 7.69. The average Bonchev–Trinajstić information content (AvgIpc) is 2.18. The molecule has 0 fully saturated rings. The van der Waals surface area contributed by atoms with Crippen molar-refractivity contribution in [3.05, 3.63) is 23.9 Å². The van der Waals surface area contributed by atoms with Gasteiger partial charge in [0.05, 0.1) is 12.6 Å². The standard InChI is InChI=1S/C8H11ClN2O5S/c9-8(17(14,15)16)5(10)2-1-3-6(8)11-4-7(12)13/h1-3,6,11H,4,10H2,(H,12,13)(H,14,15,16). The fraction of sp³-hybridized carbons (Fsp3) is 0.375. The van der Waals surface area contributed by atoms with Gasteiger partial charge in [0.1, 0.15) is 0 Å². The van der Waals surface area contributed by atoms with Gasteiger partial charge in [-0.05, 0) is 6.08 Å². The van der Waals surface area contributed by atoms with Gasteiger partial charge in [-0.15, -0.1) is 0 Å². The lowest BCUT2D eigenvalue weighted by atomic mass is 10.0. The molecule has 7 nitrogen and oxygen atoms in total. The Morgan fingerprint density at radius 2 is 2.24 bits per heavy atom. The van der Waals surface area contributed by atoms with Crippen LogP contribution in [-0.2, 0) is 14.9 Å². The number of nitrogens with two attached hydrogens (primary N) is 1. The lowest BCUT2D eigenvalue weighted by Crippen LogP contribution is -2.55. The van der Waals surface area contributed by atoms with E-state index >= 15 is 0 Å². The number of carbonyl (C=O) groups is 1. The second-order valence-corrected chi connectivity index (χ2v) is 5.79. The van der Waals surface area contributed by atoms with E-state index in [2.05, 4.69) is 5.32 Å². The minimum atomic E-state index is -4.71. The van der Waals surface area contributed by atoms with Gasteiger partial charge in [0.25, 0.3) is 10.1 Å². The van der Waals surface area contributed by atoms with E-state index in [0.717, 1.165) is 0 Å². The van der Waals surface area contributed by atoms with Gasteiger partial charge in [-0.1, -0.05) is 23.8 Å². The second kappa shape index (κ2) is 4.65. The largest absolute Gasteiger partial charge is 0.480 e. The Balaban J connectivity index is 3.08. The molecule has 9 heteroatoms. The van der Waals surface area contributed by atoms with Gasteiger partial charge in [-0.25, -0.2) is 0 Å². The van der Waals surface area contributed by atoms with Crippen LogP contribution >= 0.6 is 11.6 Å². The summed E-state index contributed by atoms with van der Waals surface area (Å²) in [5.41, 5.74) is 5.16. The molecule has 5 N–H and O–H groups in total. The summed E-state index contributed by atoms with van der Waals surface area (Å²) >= 11 is 5.81. The molecular formula is C8H11ClN2O5S. The number of hydrogen-bond acceptors (Lipinski definition) is 5. The minimum Gasteiger partial charge on any atom is -0.480 e. The van der Waals surface area contributed by atoms with Crippen molar-refractivity contribution >= 4 is 27.7 Å². The van der Waals surface area contributed by atoms with Crippen LogP contribution in [0.2, 0.25) is 0 Å². The molecule has 1 rings (SSSR count). The lowest BCUT2D eigenvalue weighted by molar-refractivity contribution is -0.136. The molecule has 1 aliphatic carbocycles. The number of nitrogens with one attached hydrogen (secondary N) is 1. The van der Waals surface area contributed by atoms with Crippen LogP contribution in [0.4, 0.5) is 0 Å². The van der Waals surface area contributed by atoms with Crippen LogP contribution in [0.25, 0.3) is 0 Å². The second-order valence-electron chi connectivity index (χ2n) is 3.38. The van der Waals surface area contributed by atoms with Crippen LogP contribution in [-0.4, -0.2) is 40.8 Å². The molecule has 0 bridgehead atoms. The number of halogens is 1. The summed E-state index contributed by atoms with van der Waals surface area (Å²) in [5.74, 6) is -1.19. The summed E-state index contributed by atoms with van der Waals surface area (Å²) in [6.45, 7) is -0.522. The molecular weight excluding hydrogens is 272 g/mol. The van der Waals surface area contributed by atoms with E-state index in [1.54, 1.807) is 0 Å². The fourth-order valence-corrected chi connectivity index (χ4v) is 2.45. The van der Waals surface area contributed by atoms with E-state index in [-0.39, 0.29) is 5.70 Å². The molecule has 0 aromatic carbocycles. The summed E-state index contributed by atoms with van der Waals surface area (Å²) in [4.78, 5) is 10.4. The Morgan fingerprint density at radius 3 is 2.71 bits per heavy atom. The van der Waals surface area contributed by atoms with Gasteiger partial charge in [-0.3, -0.25) is 14.7 Å². The summed E-state index contributed by atoms with van der Waals surface area (Å²) in [7, 11) is -4.71. The molecule has 0 radical (unpaired) electrons. The number of alkyl halides is 1. The first-order valence-corrected chi connectivity index (χ1v) is 6.27. The van der Waals surface area contributed by atoms with Crippen LogP contribution in [0, 0.1) is 0 Å². The van der Waals surface area contributed by atoms with E-state index in [4.69, 9.17) is 27.0 Å². The van der Waals surface area contributed by atoms with Crippen LogP contribution in [0.1, 0.15) is 0 Å². The average molecular weight is 283 g/mol. The van der Waals surface area contributed by atoms with Crippen molar-refractivity contribution in [2.24, 2.45) is 5.73 Å². The van der Waals surface area contributed by atoms with Gasteiger partial charge >= 0.3 is 5.97 Å².